The van der Waals surface area contributed by atoms with E-state index in [-0.39, 0.29) is 5.91 Å². The number of carbonyl (C=O) groups excluding carboxylic acids is 1. The Labute approximate surface area is 121 Å². The highest BCUT2D eigenvalue weighted by molar-refractivity contribution is 9.10. The van der Waals surface area contributed by atoms with Crippen LogP contribution in [-0.4, -0.2) is 23.0 Å². The van der Waals surface area contributed by atoms with Gasteiger partial charge in [-0.15, -0.1) is 0 Å². The zero-order valence-corrected chi connectivity index (χ0v) is 12.7. The Kier molecular flexibility index (Phi) is 6.02. The van der Waals surface area contributed by atoms with Crippen molar-refractivity contribution >= 4 is 27.8 Å². The molecule has 0 fully saturated rings. The molecule has 0 bridgehead atoms. The number of aliphatic carboxylic acids is 1. The summed E-state index contributed by atoms with van der Waals surface area (Å²) in [6.07, 6.45) is 2.12. The van der Waals surface area contributed by atoms with E-state index in [0.29, 0.717) is 12.0 Å². The molecule has 2 N–H and O–H groups in total. The van der Waals surface area contributed by atoms with Gasteiger partial charge in [0.2, 0.25) is 0 Å². The monoisotopic (exact) mass is 327 g/mol. The van der Waals surface area contributed by atoms with Crippen LogP contribution in [0.3, 0.4) is 0 Å². The summed E-state index contributed by atoms with van der Waals surface area (Å²) in [5.41, 5.74) is 1.41. The van der Waals surface area contributed by atoms with Gasteiger partial charge >= 0.3 is 5.97 Å². The summed E-state index contributed by atoms with van der Waals surface area (Å²) >= 11 is 3.32. The number of carboxylic acid groups (broad SMARTS) is 1. The third kappa shape index (κ3) is 5.03. The zero-order chi connectivity index (χ0) is 14.4. The van der Waals surface area contributed by atoms with Crippen molar-refractivity contribution in [3.63, 3.8) is 0 Å². The zero-order valence-electron chi connectivity index (χ0n) is 11.1. The van der Waals surface area contributed by atoms with Crippen LogP contribution in [0.15, 0.2) is 22.7 Å². The first-order valence-corrected chi connectivity index (χ1v) is 7.04. The molecule has 0 spiro atoms. The number of carboxylic acids is 1. The van der Waals surface area contributed by atoms with Gasteiger partial charge in [0, 0.05) is 10.0 Å². The summed E-state index contributed by atoms with van der Waals surface area (Å²) in [5.74, 6) is -1.35. The van der Waals surface area contributed by atoms with Gasteiger partial charge in [0.05, 0.1) is 0 Å². The van der Waals surface area contributed by atoms with E-state index < -0.39 is 12.0 Å². The minimum Gasteiger partial charge on any atom is -0.480 e. The molecular formula is C14H18BrNO3. The average molecular weight is 328 g/mol. The Morgan fingerprint density at radius 1 is 1.37 bits per heavy atom. The number of carbonyl (C=O) groups is 2. The third-order valence-electron chi connectivity index (χ3n) is 2.75. The number of hydrogen-bond acceptors (Lipinski definition) is 2. The summed E-state index contributed by atoms with van der Waals surface area (Å²) in [5, 5.41) is 11.6. The molecule has 1 aromatic rings. The van der Waals surface area contributed by atoms with Gasteiger partial charge in [-0.1, -0.05) is 35.7 Å². The van der Waals surface area contributed by atoms with Crippen LogP contribution in [0, 0.1) is 6.92 Å². The van der Waals surface area contributed by atoms with E-state index in [0.717, 1.165) is 22.9 Å². The lowest BCUT2D eigenvalue weighted by atomic mass is 10.1. The molecule has 19 heavy (non-hydrogen) atoms. The van der Waals surface area contributed by atoms with Gasteiger partial charge in [-0.2, -0.15) is 0 Å². The first-order chi connectivity index (χ1) is 8.93. The SMILES string of the molecule is CCCCC(NC(=O)c1cc(C)cc(Br)c1)C(=O)O. The first-order valence-electron chi connectivity index (χ1n) is 6.25. The molecule has 4 nitrogen and oxygen atoms in total. The van der Waals surface area contributed by atoms with Crippen molar-refractivity contribution < 1.29 is 14.7 Å². The molecule has 104 valence electrons. The summed E-state index contributed by atoms with van der Waals surface area (Å²) in [6, 6.07) is 4.48. The van der Waals surface area contributed by atoms with Crippen LogP contribution in [0.1, 0.15) is 42.1 Å². The second kappa shape index (κ2) is 7.28. The molecule has 0 heterocycles. The standard InChI is InChI=1S/C14H18BrNO3/c1-3-4-5-12(14(18)19)16-13(17)10-6-9(2)7-11(15)8-10/h6-8,12H,3-5H2,1-2H3,(H,16,17)(H,18,19). The number of hydrogen-bond donors (Lipinski definition) is 2. The summed E-state index contributed by atoms with van der Waals surface area (Å²) in [4.78, 5) is 23.1. The number of benzene rings is 1. The highest BCUT2D eigenvalue weighted by Gasteiger charge is 2.20. The topological polar surface area (TPSA) is 66.4 Å². The highest BCUT2D eigenvalue weighted by Crippen LogP contribution is 2.15. The number of amides is 1. The minimum absolute atomic E-state index is 0.354. The summed E-state index contributed by atoms with van der Waals surface area (Å²) < 4.78 is 0.804. The van der Waals surface area contributed by atoms with Crippen molar-refractivity contribution in [2.45, 2.75) is 39.2 Å². The lowest BCUT2D eigenvalue weighted by molar-refractivity contribution is -0.139. The number of halogens is 1. The molecule has 0 aliphatic carbocycles. The van der Waals surface area contributed by atoms with Crippen LogP contribution in [0.25, 0.3) is 0 Å². The van der Waals surface area contributed by atoms with E-state index >= 15 is 0 Å². The van der Waals surface area contributed by atoms with Crippen LogP contribution >= 0.6 is 15.9 Å². The normalized spacial score (nSPS) is 11.9. The maximum atomic E-state index is 12.0. The molecular weight excluding hydrogens is 310 g/mol. The second-order valence-corrected chi connectivity index (χ2v) is 5.44. The molecule has 5 heteroatoms. The molecule has 1 aromatic carbocycles. The van der Waals surface area contributed by atoms with Gasteiger partial charge in [-0.3, -0.25) is 4.79 Å². The Balaban J connectivity index is 2.78. The lowest BCUT2D eigenvalue weighted by Gasteiger charge is -2.14. The fourth-order valence-electron chi connectivity index (χ4n) is 1.77. The molecule has 1 amide bonds. The molecule has 0 saturated heterocycles. The predicted octanol–water partition coefficient (Wildman–Crippen LogP) is 3.13. The van der Waals surface area contributed by atoms with E-state index in [4.69, 9.17) is 5.11 Å². The van der Waals surface area contributed by atoms with Crippen molar-refractivity contribution in [2.75, 3.05) is 0 Å². The van der Waals surface area contributed by atoms with Gasteiger partial charge < -0.3 is 10.4 Å². The number of unbranched alkanes of at least 4 members (excludes halogenated alkanes) is 1. The largest absolute Gasteiger partial charge is 0.480 e. The third-order valence-corrected chi connectivity index (χ3v) is 3.21. The lowest BCUT2D eigenvalue weighted by Crippen LogP contribution is -2.40. The molecule has 1 unspecified atom stereocenters. The van der Waals surface area contributed by atoms with Gasteiger partial charge in [0.15, 0.2) is 0 Å². The second-order valence-electron chi connectivity index (χ2n) is 4.52. The van der Waals surface area contributed by atoms with Gasteiger partial charge in [0.1, 0.15) is 6.04 Å². The van der Waals surface area contributed by atoms with Gasteiger partial charge in [-0.25, -0.2) is 4.79 Å². The Morgan fingerprint density at radius 3 is 2.58 bits per heavy atom. The Bertz CT molecular complexity index is 454. The van der Waals surface area contributed by atoms with Crippen molar-refractivity contribution in [1.82, 2.24) is 5.32 Å². The molecule has 1 atom stereocenters. The van der Waals surface area contributed by atoms with Gasteiger partial charge in [-0.05, 0) is 37.1 Å². The van der Waals surface area contributed by atoms with Crippen molar-refractivity contribution in [2.24, 2.45) is 0 Å². The van der Waals surface area contributed by atoms with Crippen LogP contribution in [0.4, 0.5) is 0 Å². The molecule has 0 aromatic heterocycles. The van der Waals surface area contributed by atoms with Crippen molar-refractivity contribution in [3.05, 3.63) is 33.8 Å². The maximum absolute atomic E-state index is 12.0. The van der Waals surface area contributed by atoms with Crippen LogP contribution in [0.5, 0.6) is 0 Å². The number of nitrogens with one attached hydrogen (secondary N) is 1. The van der Waals surface area contributed by atoms with E-state index in [9.17, 15) is 9.59 Å². The maximum Gasteiger partial charge on any atom is 0.326 e. The predicted molar refractivity (Wildman–Crippen MR) is 77.3 cm³/mol. The molecule has 0 radical (unpaired) electrons. The number of aryl methyl sites for hydroxylation is 1. The van der Waals surface area contributed by atoms with E-state index in [1.165, 1.54) is 0 Å². The van der Waals surface area contributed by atoms with E-state index in [1.54, 1.807) is 12.1 Å². The van der Waals surface area contributed by atoms with Crippen molar-refractivity contribution in [3.8, 4) is 0 Å². The van der Waals surface area contributed by atoms with Crippen LogP contribution in [0.2, 0.25) is 0 Å². The highest BCUT2D eigenvalue weighted by atomic mass is 79.9. The smallest absolute Gasteiger partial charge is 0.326 e. The van der Waals surface area contributed by atoms with E-state index in [2.05, 4.69) is 21.2 Å². The van der Waals surface area contributed by atoms with Gasteiger partial charge in [0.25, 0.3) is 5.91 Å². The average Bonchev–Trinajstić information content (AvgIpc) is 2.32. The summed E-state index contributed by atoms with van der Waals surface area (Å²) in [7, 11) is 0. The molecule has 1 rings (SSSR count). The fraction of sp³-hybridized carbons (Fsp3) is 0.429. The van der Waals surface area contributed by atoms with Crippen LogP contribution < -0.4 is 5.32 Å². The fourth-order valence-corrected chi connectivity index (χ4v) is 2.38. The molecule has 0 aliphatic heterocycles. The quantitative estimate of drug-likeness (QED) is 0.843. The van der Waals surface area contributed by atoms with Crippen molar-refractivity contribution in [1.29, 1.82) is 0 Å². The molecule has 0 saturated carbocycles. The number of rotatable bonds is 6. The molecule has 0 aliphatic rings. The van der Waals surface area contributed by atoms with Crippen LogP contribution in [-0.2, 0) is 4.79 Å². The Hall–Kier alpha value is -1.36. The minimum atomic E-state index is -0.992. The summed E-state index contributed by atoms with van der Waals surface area (Å²) in [6.45, 7) is 3.87. The Morgan fingerprint density at radius 2 is 2.05 bits per heavy atom. The first kappa shape index (κ1) is 15.7. The van der Waals surface area contributed by atoms with E-state index in [1.807, 2.05) is 19.9 Å².